The van der Waals surface area contributed by atoms with Crippen molar-refractivity contribution in [2.24, 2.45) is 5.92 Å². The molecular formula is C27H28N2O7. The highest BCUT2D eigenvalue weighted by Gasteiger charge is 2.78. The number of ether oxygens (including phenoxy) is 2. The SMILES string of the molecule is COC(=O)[C@@H]1CC(=O)[C@](Nc2ccccc2)(C(C)=O)[C@@]12C(=O)N(C(=O)OC(C)(C)C)c1ccccc12. The van der Waals surface area contributed by atoms with Crippen LogP contribution < -0.4 is 10.2 Å². The maximum Gasteiger partial charge on any atom is 0.421 e. The van der Waals surface area contributed by atoms with Crippen molar-refractivity contribution < 1.29 is 33.4 Å². The van der Waals surface area contributed by atoms with Gasteiger partial charge in [-0.15, -0.1) is 0 Å². The maximum atomic E-state index is 14.5. The molecule has 188 valence electrons. The normalized spacial score (nSPS) is 25.0. The standard InChI is InChI=1S/C27H28N2O7/c1-16(30)27(28-17-11-7-6-8-12-17)21(31)15-19(22(32)35-5)26(27)18-13-9-10-14-20(18)29(23(26)33)24(34)36-25(2,3)4/h6-14,19,28H,15H2,1-5H3/t19-,26+,27+/m0/s1. The number of para-hydroxylation sites is 2. The molecule has 1 spiro atoms. The molecule has 0 radical (unpaired) electrons. The Balaban J connectivity index is 2.06. The molecule has 9 nitrogen and oxygen atoms in total. The molecule has 0 saturated heterocycles. The van der Waals surface area contributed by atoms with Crippen molar-refractivity contribution in [3.05, 3.63) is 60.2 Å². The zero-order valence-corrected chi connectivity index (χ0v) is 20.8. The van der Waals surface area contributed by atoms with Crippen LogP contribution in [0.25, 0.3) is 0 Å². The Labute approximate surface area is 208 Å². The number of hydrogen-bond donors (Lipinski definition) is 1. The van der Waals surface area contributed by atoms with E-state index in [1.54, 1.807) is 69.3 Å². The van der Waals surface area contributed by atoms with Gasteiger partial charge in [-0.25, -0.2) is 9.69 Å². The van der Waals surface area contributed by atoms with Crippen molar-refractivity contribution in [3.63, 3.8) is 0 Å². The van der Waals surface area contributed by atoms with E-state index < -0.39 is 58.4 Å². The molecule has 3 atom stereocenters. The third-order valence-corrected chi connectivity index (χ3v) is 6.73. The molecule has 2 aliphatic rings. The van der Waals surface area contributed by atoms with Crippen LogP contribution in [0.1, 0.15) is 39.7 Å². The second-order valence-corrected chi connectivity index (χ2v) is 9.95. The molecule has 1 aliphatic carbocycles. The molecule has 4 rings (SSSR count). The first kappa shape index (κ1) is 25.1. The van der Waals surface area contributed by atoms with Crippen LogP contribution in [0.3, 0.4) is 0 Å². The van der Waals surface area contributed by atoms with Crippen LogP contribution in [0.2, 0.25) is 0 Å². The van der Waals surface area contributed by atoms with Crippen LogP contribution in [0.5, 0.6) is 0 Å². The Kier molecular flexibility index (Phi) is 5.98. The number of Topliss-reactive ketones (excluding diaryl/α,β-unsaturated/α-hetero) is 2. The van der Waals surface area contributed by atoms with Gasteiger partial charge in [0.1, 0.15) is 11.0 Å². The van der Waals surface area contributed by atoms with Gasteiger partial charge in [0.15, 0.2) is 17.1 Å². The Hall–Kier alpha value is -4.01. The van der Waals surface area contributed by atoms with E-state index in [9.17, 15) is 24.0 Å². The van der Waals surface area contributed by atoms with E-state index in [1.165, 1.54) is 13.0 Å². The molecule has 0 aromatic heterocycles. The quantitative estimate of drug-likeness (QED) is 0.510. The highest BCUT2D eigenvalue weighted by Crippen LogP contribution is 2.59. The van der Waals surface area contributed by atoms with E-state index in [-0.39, 0.29) is 11.3 Å². The number of hydrogen-bond acceptors (Lipinski definition) is 8. The molecule has 1 aliphatic heterocycles. The number of nitrogens with zero attached hydrogens (tertiary/aromatic N) is 1. The molecule has 1 N–H and O–H groups in total. The predicted molar refractivity (Wildman–Crippen MR) is 130 cm³/mol. The van der Waals surface area contributed by atoms with E-state index >= 15 is 0 Å². The van der Waals surface area contributed by atoms with Gasteiger partial charge in [0.05, 0.1) is 18.7 Å². The first-order valence-electron chi connectivity index (χ1n) is 11.5. The molecule has 9 heteroatoms. The Morgan fingerprint density at radius 2 is 1.61 bits per heavy atom. The summed E-state index contributed by atoms with van der Waals surface area (Å²) in [5.41, 5.74) is -4.48. The van der Waals surface area contributed by atoms with Gasteiger partial charge in [-0.3, -0.25) is 19.2 Å². The number of fused-ring (bicyclic) bond motifs is 2. The summed E-state index contributed by atoms with van der Waals surface area (Å²) in [6, 6.07) is 14.8. The number of esters is 1. The minimum Gasteiger partial charge on any atom is -0.469 e. The number of imide groups is 1. The van der Waals surface area contributed by atoms with Crippen LogP contribution in [0.4, 0.5) is 16.2 Å². The lowest BCUT2D eigenvalue weighted by Crippen LogP contribution is -2.68. The number of methoxy groups -OCH3 is 1. The monoisotopic (exact) mass is 492 g/mol. The van der Waals surface area contributed by atoms with Crippen molar-refractivity contribution in [1.82, 2.24) is 0 Å². The fourth-order valence-corrected chi connectivity index (χ4v) is 5.43. The zero-order valence-electron chi connectivity index (χ0n) is 20.8. The molecule has 0 unspecified atom stereocenters. The molecule has 2 amide bonds. The molecule has 1 saturated carbocycles. The highest BCUT2D eigenvalue weighted by molar-refractivity contribution is 6.32. The number of ketones is 2. The summed E-state index contributed by atoms with van der Waals surface area (Å²) >= 11 is 0. The van der Waals surface area contributed by atoms with Gasteiger partial charge in [0, 0.05) is 12.1 Å². The number of rotatable bonds is 4. The lowest BCUT2D eigenvalue weighted by atomic mass is 9.61. The van der Waals surface area contributed by atoms with E-state index in [0.29, 0.717) is 5.69 Å². The summed E-state index contributed by atoms with van der Waals surface area (Å²) in [6.45, 7) is 6.15. The maximum absolute atomic E-state index is 14.5. The topological polar surface area (TPSA) is 119 Å². The predicted octanol–water partition coefficient (Wildman–Crippen LogP) is 3.41. The Morgan fingerprint density at radius 3 is 2.19 bits per heavy atom. The van der Waals surface area contributed by atoms with Crippen LogP contribution >= 0.6 is 0 Å². The minimum atomic E-state index is -2.18. The summed E-state index contributed by atoms with van der Waals surface area (Å²) in [6.07, 6.45) is -1.41. The molecule has 1 fully saturated rings. The average Bonchev–Trinajstić information content (AvgIpc) is 3.23. The zero-order chi connectivity index (χ0) is 26.5. The summed E-state index contributed by atoms with van der Waals surface area (Å²) in [4.78, 5) is 69.1. The van der Waals surface area contributed by atoms with Gasteiger partial charge in [-0.05, 0) is 51.5 Å². The van der Waals surface area contributed by atoms with Crippen LogP contribution in [0, 0.1) is 5.92 Å². The molecule has 2 aromatic rings. The summed E-state index contributed by atoms with van der Waals surface area (Å²) in [5.74, 6) is -4.43. The fourth-order valence-electron chi connectivity index (χ4n) is 5.43. The molecule has 2 aromatic carbocycles. The van der Waals surface area contributed by atoms with E-state index in [4.69, 9.17) is 9.47 Å². The molecule has 0 bridgehead atoms. The summed E-state index contributed by atoms with van der Waals surface area (Å²) < 4.78 is 10.5. The van der Waals surface area contributed by atoms with Crippen LogP contribution in [0.15, 0.2) is 54.6 Å². The van der Waals surface area contributed by atoms with Crippen LogP contribution in [-0.4, -0.2) is 47.8 Å². The molecule has 36 heavy (non-hydrogen) atoms. The second-order valence-electron chi connectivity index (χ2n) is 9.95. The molecular weight excluding hydrogens is 464 g/mol. The van der Waals surface area contributed by atoms with Crippen molar-refractivity contribution in [1.29, 1.82) is 0 Å². The van der Waals surface area contributed by atoms with Crippen molar-refractivity contribution in [2.45, 2.75) is 50.7 Å². The number of benzene rings is 2. The third-order valence-electron chi connectivity index (χ3n) is 6.73. The average molecular weight is 493 g/mol. The number of amides is 2. The lowest BCUT2D eigenvalue weighted by Gasteiger charge is -2.42. The van der Waals surface area contributed by atoms with Gasteiger partial charge in [0.25, 0.3) is 5.91 Å². The second kappa shape index (κ2) is 8.58. The van der Waals surface area contributed by atoms with Crippen LogP contribution in [-0.2, 0) is 34.1 Å². The number of carbonyl (C=O) groups is 5. The van der Waals surface area contributed by atoms with E-state index in [0.717, 1.165) is 12.0 Å². The van der Waals surface area contributed by atoms with E-state index in [2.05, 4.69) is 5.32 Å². The van der Waals surface area contributed by atoms with Gasteiger partial charge >= 0.3 is 12.1 Å². The van der Waals surface area contributed by atoms with Gasteiger partial charge < -0.3 is 14.8 Å². The minimum absolute atomic E-state index is 0.140. The van der Waals surface area contributed by atoms with Gasteiger partial charge in [-0.1, -0.05) is 36.4 Å². The van der Waals surface area contributed by atoms with Gasteiger partial charge in [-0.2, -0.15) is 0 Å². The number of anilines is 2. The van der Waals surface area contributed by atoms with Gasteiger partial charge in [0.2, 0.25) is 0 Å². The largest absolute Gasteiger partial charge is 0.469 e. The highest BCUT2D eigenvalue weighted by atomic mass is 16.6. The van der Waals surface area contributed by atoms with E-state index in [1.807, 2.05) is 0 Å². The smallest absolute Gasteiger partial charge is 0.421 e. The molecule has 1 heterocycles. The lowest BCUT2D eigenvalue weighted by molar-refractivity contribution is -0.151. The number of nitrogens with one attached hydrogen (secondary N) is 1. The van der Waals surface area contributed by atoms with Crippen molar-refractivity contribution >= 4 is 40.9 Å². The fraction of sp³-hybridized carbons (Fsp3) is 0.370. The number of carbonyl (C=O) groups excluding carboxylic acids is 5. The first-order chi connectivity index (χ1) is 16.9. The summed E-state index contributed by atoms with van der Waals surface area (Å²) in [5, 5.41) is 3.02. The third kappa shape index (κ3) is 3.41. The van der Waals surface area contributed by atoms with Crippen molar-refractivity contribution in [3.8, 4) is 0 Å². The van der Waals surface area contributed by atoms with Crippen molar-refractivity contribution in [2.75, 3.05) is 17.3 Å². The Bertz CT molecular complexity index is 1270. The summed E-state index contributed by atoms with van der Waals surface area (Å²) in [7, 11) is 1.15. The first-order valence-corrected chi connectivity index (χ1v) is 11.5. The Morgan fingerprint density at radius 1 is 1.00 bits per heavy atom.